The highest BCUT2D eigenvalue weighted by atomic mass is 32.1. The largest absolute Gasteiger partial charge is 0.355 e. The summed E-state index contributed by atoms with van der Waals surface area (Å²) in [5.74, 6) is 0.764. The molecule has 31 heavy (non-hydrogen) atoms. The van der Waals surface area contributed by atoms with Gasteiger partial charge >= 0.3 is 0 Å². The van der Waals surface area contributed by atoms with E-state index in [0.717, 1.165) is 57.7 Å². The van der Waals surface area contributed by atoms with Crippen LogP contribution < -0.4 is 5.56 Å². The number of aromatic amines is 1. The third kappa shape index (κ3) is 3.27. The first-order chi connectivity index (χ1) is 15.3. The number of H-pyrrole nitrogens is 1. The number of likely N-dealkylation sites (tertiary alicyclic amines) is 1. The Kier molecular flexibility index (Phi) is 4.62. The first-order valence-electron chi connectivity index (χ1n) is 11.0. The van der Waals surface area contributed by atoms with Crippen LogP contribution in [0.25, 0.3) is 43.4 Å². The number of hydrogen-bond donors (Lipinski definition) is 1. The van der Waals surface area contributed by atoms with Gasteiger partial charge in [-0.05, 0) is 61.6 Å². The number of aromatic nitrogens is 3. The van der Waals surface area contributed by atoms with E-state index in [1.807, 2.05) is 22.1 Å². The van der Waals surface area contributed by atoms with Crippen molar-refractivity contribution in [2.45, 2.75) is 25.8 Å². The first-order valence-corrected chi connectivity index (χ1v) is 11.9. The van der Waals surface area contributed by atoms with Crippen molar-refractivity contribution in [1.29, 1.82) is 0 Å². The lowest BCUT2D eigenvalue weighted by Crippen LogP contribution is -2.35. The van der Waals surface area contributed by atoms with E-state index in [1.165, 1.54) is 36.0 Å². The molecule has 1 fully saturated rings. The molecule has 4 heterocycles. The Bertz CT molecular complexity index is 1460. The lowest BCUT2D eigenvalue weighted by atomic mass is 10.1. The fourth-order valence-electron chi connectivity index (χ4n) is 4.78. The van der Waals surface area contributed by atoms with Crippen LogP contribution in [0.15, 0.2) is 58.7 Å². The number of para-hydroxylation sites is 1. The summed E-state index contributed by atoms with van der Waals surface area (Å²) in [5, 5.41) is 4.31. The predicted molar refractivity (Wildman–Crippen MR) is 129 cm³/mol. The Morgan fingerprint density at radius 1 is 0.935 bits per heavy atom. The molecule has 2 aromatic carbocycles. The lowest BCUT2D eigenvalue weighted by molar-refractivity contribution is 0.220. The molecular weight excluding hydrogens is 404 g/mol. The minimum absolute atomic E-state index is 0.0750. The molecule has 1 aliphatic rings. The zero-order valence-corrected chi connectivity index (χ0v) is 18.1. The van der Waals surface area contributed by atoms with E-state index in [2.05, 4.69) is 46.3 Å². The van der Waals surface area contributed by atoms with E-state index in [-0.39, 0.29) is 5.56 Å². The monoisotopic (exact) mass is 428 g/mol. The molecule has 0 atom stereocenters. The zero-order chi connectivity index (χ0) is 20.8. The Hall–Kier alpha value is -2.96. The number of fused-ring (bicyclic) bond motifs is 4. The van der Waals surface area contributed by atoms with Crippen LogP contribution in [0.1, 0.15) is 19.3 Å². The van der Waals surface area contributed by atoms with Crippen LogP contribution in [0.5, 0.6) is 0 Å². The molecule has 0 radical (unpaired) electrons. The third-order valence-corrected chi connectivity index (χ3v) is 7.31. The standard InChI is InChI=1S/C25H24N4OS/c30-25-23-22(10-15-31-23)27-24(29(25)14-13-28-11-4-1-5-12-28)17-8-9-21-19(16-17)18-6-2-3-7-20(18)26-21/h2-3,6-10,15-16,26H,1,4-5,11-14H2. The summed E-state index contributed by atoms with van der Waals surface area (Å²) in [4.78, 5) is 24.3. The molecule has 1 saturated heterocycles. The van der Waals surface area contributed by atoms with Gasteiger partial charge in [0.05, 0.1) is 5.52 Å². The highest BCUT2D eigenvalue weighted by Gasteiger charge is 2.17. The quantitative estimate of drug-likeness (QED) is 0.426. The van der Waals surface area contributed by atoms with Crippen LogP contribution in [0.2, 0.25) is 0 Å². The Morgan fingerprint density at radius 2 is 1.77 bits per heavy atom. The van der Waals surface area contributed by atoms with Crippen molar-refractivity contribution in [3.8, 4) is 11.4 Å². The fraction of sp³-hybridized carbons (Fsp3) is 0.280. The molecule has 5 nitrogen and oxygen atoms in total. The molecule has 5 aromatic rings. The second-order valence-corrected chi connectivity index (χ2v) is 9.28. The smallest absolute Gasteiger partial charge is 0.271 e. The second kappa shape index (κ2) is 7.62. The van der Waals surface area contributed by atoms with Gasteiger partial charge < -0.3 is 9.88 Å². The van der Waals surface area contributed by atoms with Crippen LogP contribution in [-0.2, 0) is 6.54 Å². The van der Waals surface area contributed by atoms with E-state index < -0.39 is 0 Å². The SMILES string of the molecule is O=c1c2sccc2nc(-c2ccc3[nH]c4ccccc4c3c2)n1CCN1CCCCC1. The number of nitrogens with one attached hydrogen (secondary N) is 1. The van der Waals surface area contributed by atoms with Gasteiger partial charge in [0.15, 0.2) is 0 Å². The molecule has 0 spiro atoms. The normalized spacial score (nSPS) is 15.4. The van der Waals surface area contributed by atoms with Crippen molar-refractivity contribution < 1.29 is 0 Å². The minimum atomic E-state index is 0.0750. The Labute approximate surface area is 184 Å². The minimum Gasteiger partial charge on any atom is -0.355 e. The van der Waals surface area contributed by atoms with Crippen LogP contribution in [0.3, 0.4) is 0 Å². The second-order valence-electron chi connectivity index (χ2n) is 8.36. The average molecular weight is 429 g/mol. The van der Waals surface area contributed by atoms with Crippen molar-refractivity contribution in [2.24, 2.45) is 0 Å². The Morgan fingerprint density at radius 3 is 2.68 bits per heavy atom. The van der Waals surface area contributed by atoms with Gasteiger partial charge in [0, 0.05) is 40.5 Å². The van der Waals surface area contributed by atoms with Crippen LogP contribution in [0.4, 0.5) is 0 Å². The summed E-state index contributed by atoms with van der Waals surface area (Å²) >= 11 is 1.48. The maximum atomic E-state index is 13.4. The molecule has 0 unspecified atom stereocenters. The molecule has 156 valence electrons. The third-order valence-electron chi connectivity index (χ3n) is 6.42. The predicted octanol–water partition coefficient (Wildman–Crippen LogP) is 5.25. The summed E-state index contributed by atoms with van der Waals surface area (Å²) in [6, 6.07) is 16.6. The Balaban J connectivity index is 1.49. The number of nitrogens with zero attached hydrogens (tertiary/aromatic N) is 3. The molecule has 1 aliphatic heterocycles. The molecular formula is C25H24N4OS. The fourth-order valence-corrected chi connectivity index (χ4v) is 5.56. The van der Waals surface area contributed by atoms with Gasteiger partial charge in [-0.15, -0.1) is 11.3 Å². The van der Waals surface area contributed by atoms with Crippen LogP contribution in [0, 0.1) is 0 Å². The van der Waals surface area contributed by atoms with Crippen molar-refractivity contribution >= 4 is 43.4 Å². The van der Waals surface area contributed by atoms with Crippen molar-refractivity contribution in [3.05, 3.63) is 64.3 Å². The van der Waals surface area contributed by atoms with Crippen LogP contribution in [-0.4, -0.2) is 39.1 Å². The van der Waals surface area contributed by atoms with Crippen molar-refractivity contribution in [3.63, 3.8) is 0 Å². The number of rotatable bonds is 4. The summed E-state index contributed by atoms with van der Waals surface area (Å²) in [5.41, 5.74) is 4.08. The summed E-state index contributed by atoms with van der Waals surface area (Å²) in [7, 11) is 0. The summed E-state index contributed by atoms with van der Waals surface area (Å²) < 4.78 is 2.64. The van der Waals surface area contributed by atoms with Gasteiger partial charge in [-0.2, -0.15) is 0 Å². The van der Waals surface area contributed by atoms with E-state index in [9.17, 15) is 4.79 Å². The zero-order valence-electron chi connectivity index (χ0n) is 17.3. The van der Waals surface area contributed by atoms with Crippen LogP contribution >= 0.6 is 11.3 Å². The summed E-state index contributed by atoms with van der Waals surface area (Å²) in [6.45, 7) is 3.81. The molecule has 3 aromatic heterocycles. The van der Waals surface area contributed by atoms with Gasteiger partial charge in [0.2, 0.25) is 0 Å². The summed E-state index contributed by atoms with van der Waals surface area (Å²) in [6.07, 6.45) is 3.82. The molecule has 6 rings (SSSR count). The van der Waals surface area contributed by atoms with Gasteiger partial charge in [-0.3, -0.25) is 9.36 Å². The van der Waals surface area contributed by atoms with Gasteiger partial charge in [-0.1, -0.05) is 24.6 Å². The van der Waals surface area contributed by atoms with Gasteiger partial charge in [0.25, 0.3) is 5.56 Å². The average Bonchev–Trinajstić information content (AvgIpc) is 3.43. The lowest BCUT2D eigenvalue weighted by Gasteiger charge is -2.27. The van der Waals surface area contributed by atoms with E-state index in [0.29, 0.717) is 6.54 Å². The molecule has 0 amide bonds. The topological polar surface area (TPSA) is 53.9 Å². The maximum absolute atomic E-state index is 13.4. The highest BCUT2D eigenvalue weighted by molar-refractivity contribution is 7.17. The molecule has 0 saturated carbocycles. The maximum Gasteiger partial charge on any atom is 0.271 e. The molecule has 1 N–H and O–H groups in total. The number of hydrogen-bond acceptors (Lipinski definition) is 4. The highest BCUT2D eigenvalue weighted by Crippen LogP contribution is 2.30. The molecule has 6 heteroatoms. The molecule has 0 aliphatic carbocycles. The van der Waals surface area contributed by atoms with E-state index >= 15 is 0 Å². The van der Waals surface area contributed by atoms with Crippen molar-refractivity contribution in [2.75, 3.05) is 19.6 Å². The van der Waals surface area contributed by atoms with E-state index in [1.54, 1.807) is 0 Å². The van der Waals surface area contributed by atoms with Crippen molar-refractivity contribution in [1.82, 2.24) is 19.4 Å². The number of benzene rings is 2. The van der Waals surface area contributed by atoms with E-state index in [4.69, 9.17) is 4.98 Å². The molecule has 0 bridgehead atoms. The van der Waals surface area contributed by atoms with Gasteiger partial charge in [0.1, 0.15) is 10.5 Å². The number of thiophene rings is 1. The van der Waals surface area contributed by atoms with Gasteiger partial charge in [-0.25, -0.2) is 4.98 Å². The number of piperidine rings is 1. The first kappa shape index (κ1) is 18.8.